The highest BCUT2D eigenvalue weighted by atomic mass is 16.3. The summed E-state index contributed by atoms with van der Waals surface area (Å²) >= 11 is 0. The highest BCUT2D eigenvalue weighted by molar-refractivity contribution is 6.04. The number of rotatable bonds is 2. The Bertz CT molecular complexity index is 468. The van der Waals surface area contributed by atoms with Crippen LogP contribution in [0.25, 0.3) is 0 Å². The summed E-state index contributed by atoms with van der Waals surface area (Å²) in [5.74, 6) is -0.170. The average Bonchev–Trinajstić information content (AvgIpc) is 2.34. The second kappa shape index (κ2) is 4.78. The number of hydrogen-bond acceptors (Lipinski definition) is 3. The van der Waals surface area contributed by atoms with Gasteiger partial charge in [0.05, 0.1) is 12.6 Å². The lowest BCUT2D eigenvalue weighted by atomic mass is 10.1. The molecule has 0 spiro atoms. The highest BCUT2D eigenvalue weighted by Gasteiger charge is 2.28. The number of nitrogens with zero attached hydrogens (tertiary/aromatic N) is 2. The molecule has 1 aliphatic rings. The molecule has 1 aromatic rings. The lowest BCUT2D eigenvalue weighted by Gasteiger charge is -2.31. The number of aliphatic hydroxyl groups excluding tert-OH is 1. The van der Waals surface area contributed by atoms with Crippen molar-refractivity contribution in [3.63, 3.8) is 0 Å². The van der Waals surface area contributed by atoms with Gasteiger partial charge in [0.1, 0.15) is 6.54 Å². The van der Waals surface area contributed by atoms with Gasteiger partial charge in [-0.05, 0) is 24.6 Å². The van der Waals surface area contributed by atoms with Gasteiger partial charge in [-0.3, -0.25) is 9.59 Å². The van der Waals surface area contributed by atoms with Gasteiger partial charge in [-0.2, -0.15) is 0 Å². The zero-order chi connectivity index (χ0) is 13.3. The Labute approximate surface area is 106 Å². The van der Waals surface area contributed by atoms with Crippen molar-refractivity contribution >= 4 is 17.5 Å². The molecule has 1 N–H and O–H groups in total. The maximum atomic E-state index is 11.9. The van der Waals surface area contributed by atoms with Gasteiger partial charge in [0, 0.05) is 12.7 Å². The van der Waals surface area contributed by atoms with Crippen LogP contribution in [0.2, 0.25) is 0 Å². The normalized spacial score (nSPS) is 18.2. The minimum atomic E-state index is -0.538. The van der Waals surface area contributed by atoms with E-state index >= 15 is 0 Å². The quantitative estimate of drug-likeness (QED) is 0.831. The van der Waals surface area contributed by atoms with Crippen molar-refractivity contribution < 1.29 is 14.7 Å². The minimum Gasteiger partial charge on any atom is -0.389 e. The van der Waals surface area contributed by atoms with E-state index in [9.17, 15) is 14.7 Å². The Morgan fingerprint density at radius 1 is 1.11 bits per heavy atom. The fraction of sp³-hybridized carbons (Fsp3) is 0.385. The number of carbonyl (C=O) groups is 2. The molecule has 0 saturated carbocycles. The van der Waals surface area contributed by atoms with Crippen molar-refractivity contribution in [2.45, 2.75) is 13.0 Å². The summed E-state index contributed by atoms with van der Waals surface area (Å²) in [6.45, 7) is 1.86. The minimum absolute atomic E-state index is 0.0728. The van der Waals surface area contributed by atoms with Gasteiger partial charge in [0.2, 0.25) is 11.8 Å². The molecule has 0 aliphatic carbocycles. The molecule has 1 fully saturated rings. The Hall–Kier alpha value is -1.88. The summed E-state index contributed by atoms with van der Waals surface area (Å²) in [5, 5.41) is 9.41. The Morgan fingerprint density at radius 3 is 2.28 bits per heavy atom. The van der Waals surface area contributed by atoms with Crippen LogP contribution in [0.4, 0.5) is 5.69 Å². The molecule has 1 aliphatic heterocycles. The van der Waals surface area contributed by atoms with Crippen LogP contribution in [0.15, 0.2) is 24.3 Å². The van der Waals surface area contributed by atoms with Crippen LogP contribution >= 0.6 is 0 Å². The number of aliphatic hydroxyl groups is 1. The van der Waals surface area contributed by atoms with Crippen molar-refractivity contribution in [3.8, 4) is 0 Å². The molecular formula is C13H16N2O3. The maximum absolute atomic E-state index is 11.9. The topological polar surface area (TPSA) is 60.9 Å². The highest BCUT2D eigenvalue weighted by Crippen LogP contribution is 2.20. The predicted molar refractivity (Wildman–Crippen MR) is 67.1 cm³/mol. The van der Waals surface area contributed by atoms with Crippen LogP contribution in [-0.2, 0) is 9.59 Å². The third-order valence-electron chi connectivity index (χ3n) is 3.08. The van der Waals surface area contributed by atoms with Crippen molar-refractivity contribution in [1.29, 1.82) is 0 Å². The first kappa shape index (κ1) is 12.6. The standard InChI is InChI=1S/C13H16N2O3/c1-9(16)10-3-5-11(6-4-10)15-8-12(17)14(2)7-13(15)18/h3-6,9,16H,7-8H2,1-2H3. The third-order valence-corrected chi connectivity index (χ3v) is 3.08. The molecule has 1 aromatic carbocycles. The van der Waals surface area contributed by atoms with Gasteiger partial charge >= 0.3 is 0 Å². The molecule has 0 bridgehead atoms. The van der Waals surface area contributed by atoms with E-state index in [0.717, 1.165) is 5.56 Å². The number of hydrogen-bond donors (Lipinski definition) is 1. The average molecular weight is 248 g/mol. The molecule has 5 heteroatoms. The number of anilines is 1. The van der Waals surface area contributed by atoms with E-state index in [1.165, 1.54) is 9.80 Å². The molecular weight excluding hydrogens is 232 g/mol. The van der Waals surface area contributed by atoms with Gasteiger partial charge in [-0.15, -0.1) is 0 Å². The first-order chi connectivity index (χ1) is 8.49. The van der Waals surface area contributed by atoms with Crippen LogP contribution in [0.1, 0.15) is 18.6 Å². The molecule has 1 heterocycles. The van der Waals surface area contributed by atoms with E-state index in [-0.39, 0.29) is 24.9 Å². The molecule has 1 atom stereocenters. The Balaban J connectivity index is 2.21. The fourth-order valence-electron chi connectivity index (χ4n) is 1.89. The van der Waals surface area contributed by atoms with E-state index in [4.69, 9.17) is 0 Å². The molecule has 1 saturated heterocycles. The monoisotopic (exact) mass is 248 g/mol. The number of benzene rings is 1. The van der Waals surface area contributed by atoms with Gasteiger partial charge in [0.25, 0.3) is 0 Å². The summed E-state index contributed by atoms with van der Waals surface area (Å²) in [7, 11) is 1.62. The second-order valence-electron chi connectivity index (χ2n) is 4.50. The van der Waals surface area contributed by atoms with Crippen molar-refractivity contribution in [1.82, 2.24) is 4.90 Å². The van der Waals surface area contributed by atoms with Gasteiger partial charge in [-0.1, -0.05) is 12.1 Å². The van der Waals surface area contributed by atoms with Gasteiger partial charge in [0.15, 0.2) is 0 Å². The van der Waals surface area contributed by atoms with E-state index in [0.29, 0.717) is 5.69 Å². The molecule has 18 heavy (non-hydrogen) atoms. The largest absolute Gasteiger partial charge is 0.389 e. The molecule has 2 amide bonds. The summed E-state index contributed by atoms with van der Waals surface area (Å²) in [5.41, 5.74) is 1.47. The SMILES string of the molecule is CC(O)c1ccc(N2CC(=O)N(C)CC2=O)cc1. The van der Waals surface area contributed by atoms with Gasteiger partial charge < -0.3 is 14.9 Å². The van der Waals surface area contributed by atoms with E-state index < -0.39 is 6.10 Å². The van der Waals surface area contributed by atoms with Crippen LogP contribution < -0.4 is 4.90 Å². The summed E-state index contributed by atoms with van der Waals surface area (Å²) in [6, 6.07) is 7.02. The first-order valence-corrected chi connectivity index (χ1v) is 5.81. The molecule has 96 valence electrons. The summed E-state index contributed by atoms with van der Waals surface area (Å²) < 4.78 is 0. The summed E-state index contributed by atoms with van der Waals surface area (Å²) in [4.78, 5) is 26.3. The smallest absolute Gasteiger partial charge is 0.247 e. The molecule has 5 nitrogen and oxygen atoms in total. The number of amides is 2. The lowest BCUT2D eigenvalue weighted by Crippen LogP contribution is -2.52. The van der Waals surface area contributed by atoms with Crippen LogP contribution in [0.3, 0.4) is 0 Å². The number of likely N-dealkylation sites (N-methyl/N-ethyl adjacent to an activating group) is 1. The van der Waals surface area contributed by atoms with Crippen LogP contribution in [0, 0.1) is 0 Å². The van der Waals surface area contributed by atoms with Crippen LogP contribution in [-0.4, -0.2) is 42.0 Å². The molecule has 0 aromatic heterocycles. The molecule has 2 rings (SSSR count). The van der Waals surface area contributed by atoms with Crippen molar-refractivity contribution in [2.75, 3.05) is 25.0 Å². The van der Waals surface area contributed by atoms with Crippen molar-refractivity contribution in [2.24, 2.45) is 0 Å². The molecule has 0 radical (unpaired) electrons. The van der Waals surface area contributed by atoms with Gasteiger partial charge in [-0.25, -0.2) is 0 Å². The van der Waals surface area contributed by atoms with E-state index in [1.54, 1.807) is 38.2 Å². The maximum Gasteiger partial charge on any atom is 0.247 e. The Kier molecular flexibility index (Phi) is 3.34. The number of carbonyl (C=O) groups excluding carboxylic acids is 2. The fourth-order valence-corrected chi connectivity index (χ4v) is 1.89. The van der Waals surface area contributed by atoms with Crippen molar-refractivity contribution in [3.05, 3.63) is 29.8 Å². The first-order valence-electron chi connectivity index (χ1n) is 5.81. The predicted octanol–water partition coefficient (Wildman–Crippen LogP) is 0.545. The second-order valence-corrected chi connectivity index (χ2v) is 4.50. The Morgan fingerprint density at radius 2 is 1.72 bits per heavy atom. The molecule has 1 unspecified atom stereocenters. The zero-order valence-corrected chi connectivity index (χ0v) is 10.5. The summed E-state index contributed by atoms with van der Waals surface area (Å²) in [6.07, 6.45) is -0.538. The van der Waals surface area contributed by atoms with E-state index in [2.05, 4.69) is 0 Å². The third kappa shape index (κ3) is 2.36. The van der Waals surface area contributed by atoms with E-state index in [1.807, 2.05) is 0 Å². The number of piperazine rings is 1. The zero-order valence-electron chi connectivity index (χ0n) is 10.5. The van der Waals surface area contributed by atoms with Crippen LogP contribution in [0.5, 0.6) is 0 Å². The lowest BCUT2D eigenvalue weighted by molar-refractivity contribution is -0.136.